The quantitative estimate of drug-likeness (QED) is 0.534. The van der Waals surface area contributed by atoms with Crippen LogP contribution in [-0.2, 0) is 13.0 Å². The summed E-state index contributed by atoms with van der Waals surface area (Å²) in [5.41, 5.74) is 2.59. The van der Waals surface area contributed by atoms with Crippen molar-refractivity contribution >= 4 is 28.6 Å². The summed E-state index contributed by atoms with van der Waals surface area (Å²) in [6, 6.07) is 7.26. The summed E-state index contributed by atoms with van der Waals surface area (Å²) in [5.74, 6) is 0.600. The summed E-state index contributed by atoms with van der Waals surface area (Å²) in [6.07, 6.45) is 2.92. The van der Waals surface area contributed by atoms with Crippen molar-refractivity contribution < 1.29 is 9.53 Å². The van der Waals surface area contributed by atoms with Gasteiger partial charge in [0.05, 0.1) is 15.7 Å². The van der Waals surface area contributed by atoms with E-state index in [0.717, 1.165) is 35.7 Å². The number of ether oxygens (including phenoxy) is 1. The van der Waals surface area contributed by atoms with Gasteiger partial charge in [-0.15, -0.1) is 22.7 Å². The number of hydrogen-bond donors (Lipinski definition) is 1. The molecular formula is C20H23N3O2S2. The van der Waals surface area contributed by atoms with Gasteiger partial charge < -0.3 is 10.1 Å². The number of unbranched alkanes of at least 4 members (excludes halogenated alkanes) is 1. The molecule has 0 aliphatic heterocycles. The summed E-state index contributed by atoms with van der Waals surface area (Å²) in [6.45, 7) is 5.05. The Hall–Kier alpha value is -2.25. The van der Waals surface area contributed by atoms with E-state index >= 15 is 0 Å². The smallest absolute Gasteiger partial charge is 0.251 e. The number of nitrogens with zero attached hydrogens (tertiary/aromatic N) is 2. The van der Waals surface area contributed by atoms with Crippen LogP contribution in [0.1, 0.15) is 44.6 Å². The molecule has 0 atom stereocenters. The number of benzene rings is 1. The molecule has 0 saturated carbocycles. The lowest BCUT2D eigenvalue weighted by molar-refractivity contribution is 0.0952. The van der Waals surface area contributed by atoms with Crippen molar-refractivity contribution in [1.29, 1.82) is 0 Å². The van der Waals surface area contributed by atoms with Crippen molar-refractivity contribution in [3.63, 3.8) is 0 Å². The highest BCUT2D eigenvalue weighted by molar-refractivity contribution is 7.09. The van der Waals surface area contributed by atoms with Crippen LogP contribution in [0.4, 0.5) is 0 Å². The molecule has 0 saturated heterocycles. The molecule has 0 aliphatic carbocycles. The van der Waals surface area contributed by atoms with Crippen LogP contribution in [0.25, 0.3) is 0 Å². The first-order chi connectivity index (χ1) is 13.1. The number of aryl methyl sites for hydroxylation is 3. The molecular weight excluding hydrogens is 378 g/mol. The molecule has 27 heavy (non-hydrogen) atoms. The summed E-state index contributed by atoms with van der Waals surface area (Å²) < 4.78 is 5.75. The molecule has 5 nitrogen and oxygen atoms in total. The fourth-order valence-electron chi connectivity index (χ4n) is 2.58. The largest absolute Gasteiger partial charge is 0.487 e. The maximum absolute atomic E-state index is 12.3. The van der Waals surface area contributed by atoms with Crippen molar-refractivity contribution in [3.8, 4) is 5.75 Å². The molecule has 0 unspecified atom stereocenters. The summed E-state index contributed by atoms with van der Waals surface area (Å²) in [7, 11) is 0. The van der Waals surface area contributed by atoms with Crippen LogP contribution >= 0.6 is 22.7 Å². The number of rotatable bonds is 9. The zero-order chi connectivity index (χ0) is 19.1. The van der Waals surface area contributed by atoms with E-state index in [9.17, 15) is 4.79 Å². The van der Waals surface area contributed by atoms with Crippen LogP contribution in [0.5, 0.6) is 5.75 Å². The van der Waals surface area contributed by atoms with Crippen molar-refractivity contribution in [2.75, 3.05) is 6.54 Å². The summed E-state index contributed by atoms with van der Waals surface area (Å²) in [5, 5.41) is 9.21. The highest BCUT2D eigenvalue weighted by atomic mass is 32.1. The molecule has 2 aromatic heterocycles. The Morgan fingerprint density at radius 1 is 1.15 bits per heavy atom. The van der Waals surface area contributed by atoms with Crippen molar-refractivity contribution in [3.05, 3.63) is 62.0 Å². The molecule has 3 aromatic rings. The van der Waals surface area contributed by atoms with Gasteiger partial charge >= 0.3 is 0 Å². The second-order valence-electron chi connectivity index (χ2n) is 6.27. The number of amides is 1. The number of hydrogen-bond acceptors (Lipinski definition) is 6. The Morgan fingerprint density at radius 2 is 2.04 bits per heavy atom. The zero-order valence-electron chi connectivity index (χ0n) is 15.5. The molecule has 142 valence electrons. The molecule has 1 N–H and O–H groups in total. The van der Waals surface area contributed by atoms with Gasteiger partial charge in [0.1, 0.15) is 12.4 Å². The molecule has 0 bridgehead atoms. The van der Waals surface area contributed by atoms with Gasteiger partial charge in [0.25, 0.3) is 5.91 Å². The normalized spacial score (nSPS) is 10.7. The predicted octanol–water partition coefficient (Wildman–Crippen LogP) is 4.55. The minimum Gasteiger partial charge on any atom is -0.487 e. The first-order valence-corrected chi connectivity index (χ1v) is 10.7. The van der Waals surface area contributed by atoms with Gasteiger partial charge in [-0.05, 0) is 51.3 Å². The Morgan fingerprint density at radius 3 is 2.78 bits per heavy atom. The Labute approximate surface area is 167 Å². The van der Waals surface area contributed by atoms with Crippen LogP contribution in [0, 0.1) is 13.8 Å². The first-order valence-electron chi connectivity index (χ1n) is 8.93. The van der Waals surface area contributed by atoms with Gasteiger partial charge in [0, 0.05) is 28.6 Å². The lowest BCUT2D eigenvalue weighted by atomic mass is 10.2. The third-order valence-corrected chi connectivity index (χ3v) is 5.77. The van der Waals surface area contributed by atoms with Crippen molar-refractivity contribution in [2.24, 2.45) is 0 Å². The minimum atomic E-state index is -0.0740. The first kappa shape index (κ1) is 19.5. The third-order valence-electron chi connectivity index (χ3n) is 3.92. The van der Waals surface area contributed by atoms with E-state index in [1.165, 1.54) is 5.01 Å². The number of aromatic nitrogens is 2. The minimum absolute atomic E-state index is 0.0740. The maximum atomic E-state index is 12.3. The van der Waals surface area contributed by atoms with E-state index in [2.05, 4.69) is 20.7 Å². The summed E-state index contributed by atoms with van der Waals surface area (Å²) in [4.78, 5) is 21.2. The van der Waals surface area contributed by atoms with Gasteiger partial charge in [-0.25, -0.2) is 9.97 Å². The topological polar surface area (TPSA) is 64.1 Å². The molecule has 1 amide bonds. The van der Waals surface area contributed by atoms with Gasteiger partial charge in [-0.2, -0.15) is 0 Å². The van der Waals surface area contributed by atoms with E-state index in [4.69, 9.17) is 4.74 Å². The van der Waals surface area contributed by atoms with Gasteiger partial charge in [-0.1, -0.05) is 6.07 Å². The lowest BCUT2D eigenvalue weighted by Gasteiger charge is -2.08. The molecule has 7 heteroatoms. The summed E-state index contributed by atoms with van der Waals surface area (Å²) >= 11 is 3.30. The fraction of sp³-hybridized carbons (Fsp3) is 0.350. The zero-order valence-corrected chi connectivity index (χ0v) is 17.2. The second kappa shape index (κ2) is 9.62. The average molecular weight is 402 g/mol. The van der Waals surface area contributed by atoms with E-state index in [1.54, 1.807) is 34.8 Å². The molecule has 0 radical (unpaired) electrons. The third kappa shape index (κ3) is 6.15. The van der Waals surface area contributed by atoms with Crippen LogP contribution in [0.3, 0.4) is 0 Å². The van der Waals surface area contributed by atoms with Crippen LogP contribution in [0.2, 0.25) is 0 Å². The number of thiazole rings is 2. The molecule has 0 spiro atoms. The number of carbonyl (C=O) groups is 1. The Balaban J connectivity index is 1.41. The highest BCUT2D eigenvalue weighted by Gasteiger charge is 2.07. The lowest BCUT2D eigenvalue weighted by Crippen LogP contribution is -2.24. The van der Waals surface area contributed by atoms with Gasteiger partial charge in [0.15, 0.2) is 0 Å². The SMILES string of the molecule is Cc1csc(CCCCNC(=O)c2cccc(OCc3csc(C)n3)c2)n1. The fourth-order valence-corrected chi connectivity index (χ4v) is 4.00. The molecule has 1 aromatic carbocycles. The van der Waals surface area contributed by atoms with Crippen molar-refractivity contribution in [2.45, 2.75) is 39.7 Å². The molecule has 0 fully saturated rings. The van der Waals surface area contributed by atoms with Gasteiger partial charge in [-0.3, -0.25) is 4.79 Å². The predicted molar refractivity (Wildman–Crippen MR) is 110 cm³/mol. The Bertz CT molecular complexity index is 889. The maximum Gasteiger partial charge on any atom is 0.251 e. The monoisotopic (exact) mass is 401 g/mol. The highest BCUT2D eigenvalue weighted by Crippen LogP contribution is 2.16. The van der Waals surface area contributed by atoms with E-state index in [1.807, 2.05) is 31.4 Å². The van der Waals surface area contributed by atoms with Gasteiger partial charge in [0.2, 0.25) is 0 Å². The molecule has 0 aliphatic rings. The average Bonchev–Trinajstić information content (AvgIpc) is 3.27. The molecule has 2 heterocycles. The second-order valence-corrected chi connectivity index (χ2v) is 8.27. The molecule has 3 rings (SSSR count). The van der Waals surface area contributed by atoms with E-state index in [-0.39, 0.29) is 5.91 Å². The standard InChI is InChI=1S/C20H23N3O2S2/c1-14-12-27-19(22-14)8-3-4-9-21-20(24)16-6-5-7-18(10-16)25-11-17-13-26-15(2)23-17/h5-7,10,12-13H,3-4,8-9,11H2,1-2H3,(H,21,24). The number of carbonyl (C=O) groups excluding carboxylic acids is 1. The van der Waals surface area contributed by atoms with E-state index in [0.29, 0.717) is 24.5 Å². The number of nitrogens with one attached hydrogen (secondary N) is 1. The van der Waals surface area contributed by atoms with Crippen LogP contribution in [0.15, 0.2) is 35.0 Å². The van der Waals surface area contributed by atoms with Crippen LogP contribution < -0.4 is 10.1 Å². The Kier molecular flexibility index (Phi) is 6.95. The van der Waals surface area contributed by atoms with E-state index < -0.39 is 0 Å². The van der Waals surface area contributed by atoms with Crippen LogP contribution in [-0.4, -0.2) is 22.4 Å². The van der Waals surface area contributed by atoms with Crippen molar-refractivity contribution in [1.82, 2.24) is 15.3 Å².